The summed E-state index contributed by atoms with van der Waals surface area (Å²) in [7, 11) is 1.61. The molecule has 0 radical (unpaired) electrons. The summed E-state index contributed by atoms with van der Waals surface area (Å²) in [5.74, 6) is 0.634. The minimum absolute atomic E-state index is 0.00669. The number of carbonyl (C=O) groups is 2. The number of hydrogen-bond acceptors (Lipinski definition) is 4. The first kappa shape index (κ1) is 19.2. The molecule has 1 aromatic carbocycles. The van der Waals surface area contributed by atoms with Gasteiger partial charge in [0.1, 0.15) is 5.75 Å². The highest BCUT2D eigenvalue weighted by Gasteiger charge is 2.38. The summed E-state index contributed by atoms with van der Waals surface area (Å²) < 4.78 is 5.29. The molecule has 6 heteroatoms. The smallest absolute Gasteiger partial charge is 0.240 e. The van der Waals surface area contributed by atoms with E-state index in [2.05, 4.69) is 16.0 Å². The molecular formula is C19H29N3O3. The molecule has 0 atom stereocenters. The standard InChI is InChI=1S/C19H29N3O3/c1-3-20-18(24)19(11-7-4-8-12-19)22-14-17(23)21-13-15-9-5-6-10-16(15)25-2/h5-6,9-10,22H,3-4,7-8,11-14H2,1-2H3,(H,20,24)(H,21,23). The molecule has 1 aliphatic carbocycles. The Bertz CT molecular complexity index is 583. The molecule has 1 saturated carbocycles. The van der Waals surface area contributed by atoms with Crippen LogP contribution in [0.25, 0.3) is 0 Å². The van der Waals surface area contributed by atoms with Gasteiger partial charge in [0.05, 0.1) is 19.2 Å². The predicted octanol–water partition coefficient (Wildman–Crippen LogP) is 1.74. The van der Waals surface area contributed by atoms with E-state index in [1.807, 2.05) is 31.2 Å². The van der Waals surface area contributed by atoms with Crippen LogP contribution < -0.4 is 20.7 Å². The number of methoxy groups -OCH3 is 1. The average molecular weight is 347 g/mol. The number of carbonyl (C=O) groups excluding carboxylic acids is 2. The summed E-state index contributed by atoms with van der Waals surface area (Å²) in [6.07, 6.45) is 4.71. The molecule has 0 bridgehead atoms. The van der Waals surface area contributed by atoms with E-state index in [1.54, 1.807) is 7.11 Å². The summed E-state index contributed by atoms with van der Waals surface area (Å²) in [5, 5.41) is 9.02. The monoisotopic (exact) mass is 347 g/mol. The topological polar surface area (TPSA) is 79.5 Å². The summed E-state index contributed by atoms with van der Waals surface area (Å²) in [6, 6.07) is 7.59. The van der Waals surface area contributed by atoms with Crippen LogP contribution in [0.4, 0.5) is 0 Å². The van der Waals surface area contributed by atoms with Gasteiger partial charge in [-0.25, -0.2) is 0 Å². The Morgan fingerprint density at radius 1 is 1.12 bits per heavy atom. The van der Waals surface area contributed by atoms with Gasteiger partial charge in [0.25, 0.3) is 0 Å². The van der Waals surface area contributed by atoms with Gasteiger partial charge in [-0.15, -0.1) is 0 Å². The van der Waals surface area contributed by atoms with E-state index in [1.165, 1.54) is 0 Å². The molecule has 0 aliphatic heterocycles. The SMILES string of the molecule is CCNC(=O)C1(NCC(=O)NCc2ccccc2OC)CCCCC1. The largest absolute Gasteiger partial charge is 0.496 e. The number of likely N-dealkylation sites (N-methyl/N-ethyl adjacent to an activating group) is 1. The van der Waals surface area contributed by atoms with Gasteiger partial charge < -0.3 is 15.4 Å². The van der Waals surface area contributed by atoms with Gasteiger partial charge in [-0.3, -0.25) is 14.9 Å². The second-order valence-electron chi connectivity index (χ2n) is 6.44. The van der Waals surface area contributed by atoms with Crippen molar-refractivity contribution in [3.05, 3.63) is 29.8 Å². The van der Waals surface area contributed by atoms with Crippen LogP contribution in [-0.2, 0) is 16.1 Å². The zero-order valence-corrected chi connectivity index (χ0v) is 15.2. The molecule has 0 saturated heterocycles. The second kappa shape index (κ2) is 9.42. The van der Waals surface area contributed by atoms with Crippen LogP contribution >= 0.6 is 0 Å². The fourth-order valence-corrected chi connectivity index (χ4v) is 3.32. The molecule has 2 rings (SSSR count). The number of nitrogens with one attached hydrogen (secondary N) is 3. The Morgan fingerprint density at radius 3 is 2.52 bits per heavy atom. The van der Waals surface area contributed by atoms with Gasteiger partial charge in [0.15, 0.2) is 0 Å². The Kier molecular flexibility index (Phi) is 7.25. The molecule has 138 valence electrons. The Balaban J connectivity index is 1.89. The van der Waals surface area contributed by atoms with Crippen molar-refractivity contribution in [2.45, 2.75) is 51.1 Å². The van der Waals surface area contributed by atoms with Crippen molar-refractivity contribution < 1.29 is 14.3 Å². The molecule has 1 aromatic rings. The van der Waals surface area contributed by atoms with Crippen molar-refractivity contribution in [2.24, 2.45) is 0 Å². The van der Waals surface area contributed by atoms with Crippen LogP contribution in [0, 0.1) is 0 Å². The summed E-state index contributed by atoms with van der Waals surface area (Å²) in [5.41, 5.74) is 0.310. The number of rotatable bonds is 8. The average Bonchev–Trinajstić information content (AvgIpc) is 2.65. The van der Waals surface area contributed by atoms with Crippen molar-refractivity contribution >= 4 is 11.8 Å². The lowest BCUT2D eigenvalue weighted by Gasteiger charge is -2.36. The van der Waals surface area contributed by atoms with E-state index < -0.39 is 5.54 Å². The maximum atomic E-state index is 12.5. The van der Waals surface area contributed by atoms with Crippen LogP contribution in [0.1, 0.15) is 44.6 Å². The molecular weight excluding hydrogens is 318 g/mol. The lowest BCUT2D eigenvalue weighted by molar-refractivity contribution is -0.129. The van der Waals surface area contributed by atoms with Crippen molar-refractivity contribution in [3.8, 4) is 5.75 Å². The first-order valence-corrected chi connectivity index (χ1v) is 9.03. The van der Waals surface area contributed by atoms with Gasteiger partial charge in [0, 0.05) is 18.7 Å². The zero-order chi connectivity index (χ0) is 18.1. The summed E-state index contributed by atoms with van der Waals surface area (Å²) in [4.78, 5) is 24.7. The van der Waals surface area contributed by atoms with Gasteiger partial charge in [-0.2, -0.15) is 0 Å². The van der Waals surface area contributed by atoms with Crippen molar-refractivity contribution in [2.75, 3.05) is 20.2 Å². The van der Waals surface area contributed by atoms with Crippen molar-refractivity contribution in [1.82, 2.24) is 16.0 Å². The lowest BCUT2D eigenvalue weighted by Crippen LogP contribution is -2.59. The Morgan fingerprint density at radius 2 is 1.84 bits per heavy atom. The highest BCUT2D eigenvalue weighted by atomic mass is 16.5. The fourth-order valence-electron chi connectivity index (χ4n) is 3.32. The molecule has 6 nitrogen and oxygen atoms in total. The Labute approximate surface area is 149 Å². The molecule has 2 amide bonds. The highest BCUT2D eigenvalue weighted by Crippen LogP contribution is 2.28. The fraction of sp³-hybridized carbons (Fsp3) is 0.579. The van der Waals surface area contributed by atoms with E-state index in [4.69, 9.17) is 4.74 Å². The van der Waals surface area contributed by atoms with Crippen LogP contribution in [0.2, 0.25) is 0 Å². The maximum Gasteiger partial charge on any atom is 0.240 e. The van der Waals surface area contributed by atoms with Crippen LogP contribution in [0.15, 0.2) is 24.3 Å². The van der Waals surface area contributed by atoms with Gasteiger partial charge in [-0.1, -0.05) is 37.5 Å². The molecule has 0 heterocycles. The molecule has 25 heavy (non-hydrogen) atoms. The molecule has 0 aromatic heterocycles. The summed E-state index contributed by atoms with van der Waals surface area (Å²) in [6.45, 7) is 3.04. The normalized spacial score (nSPS) is 16.1. The van der Waals surface area contributed by atoms with Crippen LogP contribution in [0.5, 0.6) is 5.75 Å². The van der Waals surface area contributed by atoms with Gasteiger partial charge >= 0.3 is 0 Å². The van der Waals surface area contributed by atoms with Crippen molar-refractivity contribution in [3.63, 3.8) is 0 Å². The first-order valence-electron chi connectivity index (χ1n) is 9.03. The van der Waals surface area contributed by atoms with E-state index >= 15 is 0 Å². The first-order chi connectivity index (χ1) is 12.1. The minimum Gasteiger partial charge on any atom is -0.496 e. The quantitative estimate of drug-likeness (QED) is 0.669. The third-order valence-corrected chi connectivity index (χ3v) is 4.73. The van der Waals surface area contributed by atoms with E-state index in [0.717, 1.165) is 43.4 Å². The molecule has 0 spiro atoms. The maximum absolute atomic E-state index is 12.5. The summed E-state index contributed by atoms with van der Waals surface area (Å²) >= 11 is 0. The number of para-hydroxylation sites is 1. The van der Waals surface area contributed by atoms with Crippen LogP contribution in [-0.4, -0.2) is 37.6 Å². The zero-order valence-electron chi connectivity index (χ0n) is 15.2. The molecule has 1 aliphatic rings. The Hall–Kier alpha value is -2.08. The van der Waals surface area contributed by atoms with E-state index in [-0.39, 0.29) is 18.4 Å². The van der Waals surface area contributed by atoms with Gasteiger partial charge in [-0.05, 0) is 25.8 Å². The second-order valence-corrected chi connectivity index (χ2v) is 6.44. The number of amides is 2. The number of ether oxygens (including phenoxy) is 1. The minimum atomic E-state index is -0.615. The molecule has 3 N–H and O–H groups in total. The lowest BCUT2D eigenvalue weighted by atomic mass is 9.80. The number of hydrogen-bond donors (Lipinski definition) is 3. The third-order valence-electron chi connectivity index (χ3n) is 4.73. The third kappa shape index (κ3) is 5.19. The highest BCUT2D eigenvalue weighted by molar-refractivity contribution is 5.87. The predicted molar refractivity (Wildman–Crippen MR) is 97.3 cm³/mol. The molecule has 1 fully saturated rings. The van der Waals surface area contributed by atoms with Crippen molar-refractivity contribution in [1.29, 1.82) is 0 Å². The van der Waals surface area contributed by atoms with Gasteiger partial charge in [0.2, 0.25) is 11.8 Å². The van der Waals surface area contributed by atoms with E-state index in [9.17, 15) is 9.59 Å². The number of benzene rings is 1. The van der Waals surface area contributed by atoms with Crippen LogP contribution in [0.3, 0.4) is 0 Å². The molecule has 0 unspecified atom stereocenters. The van der Waals surface area contributed by atoms with E-state index in [0.29, 0.717) is 13.1 Å².